The molecule has 1 atom stereocenters. The molecule has 0 aromatic heterocycles. The maximum absolute atomic E-state index is 3.90. The van der Waals surface area contributed by atoms with Crippen LogP contribution in [0.1, 0.15) is 27.2 Å². The molecule has 1 aliphatic rings. The quantitative estimate of drug-likeness (QED) is 0.722. The van der Waals surface area contributed by atoms with Gasteiger partial charge in [-0.15, -0.1) is 0 Å². The van der Waals surface area contributed by atoms with Crippen molar-refractivity contribution in [3.8, 4) is 0 Å². The van der Waals surface area contributed by atoms with Crippen LogP contribution in [0.2, 0.25) is 0 Å². The van der Waals surface area contributed by atoms with Crippen molar-refractivity contribution < 1.29 is 0 Å². The van der Waals surface area contributed by atoms with E-state index < -0.39 is 0 Å². The largest absolute Gasteiger partial charge is 0.298 e. The molecule has 1 unspecified atom stereocenters. The minimum absolute atomic E-state index is 0.472. The summed E-state index contributed by atoms with van der Waals surface area (Å²) in [6, 6.07) is 0. The Hall–Kier alpha value is 0.180. The van der Waals surface area contributed by atoms with Crippen LogP contribution in [0.15, 0.2) is 11.1 Å². The van der Waals surface area contributed by atoms with E-state index >= 15 is 0 Å². The van der Waals surface area contributed by atoms with Gasteiger partial charge in [-0.3, -0.25) is 4.90 Å². The Balaban J connectivity index is 2.52. The third-order valence-electron chi connectivity index (χ3n) is 2.52. The highest BCUT2D eigenvalue weighted by atomic mass is 79.9. The van der Waals surface area contributed by atoms with Crippen LogP contribution in [0.3, 0.4) is 0 Å². The van der Waals surface area contributed by atoms with Crippen LogP contribution in [0.5, 0.6) is 0 Å². The van der Waals surface area contributed by atoms with Crippen molar-refractivity contribution in [2.45, 2.75) is 27.2 Å². The molecule has 2 heteroatoms. The summed E-state index contributed by atoms with van der Waals surface area (Å²) in [7, 11) is 0. The van der Waals surface area contributed by atoms with Gasteiger partial charge in [-0.05, 0) is 17.8 Å². The van der Waals surface area contributed by atoms with Crippen LogP contribution in [0.25, 0.3) is 0 Å². The Bertz CT molecular complexity index is 198. The molecule has 0 aliphatic carbocycles. The molecule has 1 nitrogen and oxygen atoms in total. The molecule has 0 amide bonds. The van der Waals surface area contributed by atoms with Crippen molar-refractivity contribution in [1.82, 2.24) is 4.90 Å². The molecule has 1 fully saturated rings. The molecule has 13 heavy (non-hydrogen) atoms. The summed E-state index contributed by atoms with van der Waals surface area (Å²) in [5.74, 6) is 0.815. The van der Waals surface area contributed by atoms with Gasteiger partial charge in [-0.1, -0.05) is 43.3 Å². The number of halogens is 1. The van der Waals surface area contributed by atoms with Crippen molar-refractivity contribution in [1.29, 1.82) is 0 Å². The number of hydrogen-bond donors (Lipinski definition) is 0. The molecule has 0 N–H and O–H groups in total. The van der Waals surface area contributed by atoms with Gasteiger partial charge in [0.2, 0.25) is 0 Å². The van der Waals surface area contributed by atoms with Gasteiger partial charge in [0.05, 0.1) is 0 Å². The highest BCUT2D eigenvalue weighted by molar-refractivity contribution is 9.11. The number of piperidine rings is 1. The summed E-state index contributed by atoms with van der Waals surface area (Å²) in [6.45, 7) is 14.3. The van der Waals surface area contributed by atoms with Gasteiger partial charge in [0.1, 0.15) is 0 Å². The molecular formula is C11H20BrN. The number of nitrogens with zero attached hydrogens (tertiary/aromatic N) is 1. The van der Waals surface area contributed by atoms with E-state index in [0.717, 1.165) is 16.9 Å². The third kappa shape index (κ3) is 3.82. The first-order valence-corrected chi connectivity index (χ1v) is 5.74. The first kappa shape index (κ1) is 11.3. The summed E-state index contributed by atoms with van der Waals surface area (Å²) < 4.78 is 1.09. The normalized spacial score (nSPS) is 28.8. The molecule has 0 saturated carbocycles. The van der Waals surface area contributed by atoms with Gasteiger partial charge in [0.15, 0.2) is 0 Å². The van der Waals surface area contributed by atoms with Crippen molar-refractivity contribution in [3.63, 3.8) is 0 Å². The van der Waals surface area contributed by atoms with E-state index in [1.807, 2.05) is 0 Å². The molecule has 0 radical (unpaired) electrons. The Labute approximate surface area is 90.3 Å². The van der Waals surface area contributed by atoms with E-state index in [-0.39, 0.29) is 0 Å². The minimum Gasteiger partial charge on any atom is -0.298 e. The van der Waals surface area contributed by atoms with E-state index in [1.165, 1.54) is 19.5 Å². The number of likely N-dealkylation sites (tertiary alicyclic amines) is 1. The molecule has 1 aliphatic heterocycles. The van der Waals surface area contributed by atoms with E-state index in [4.69, 9.17) is 0 Å². The lowest BCUT2D eigenvalue weighted by atomic mass is 9.79. The molecule has 1 rings (SSSR count). The second kappa shape index (κ2) is 4.14. The molecule has 0 aromatic carbocycles. The first-order valence-electron chi connectivity index (χ1n) is 4.95. The second-order valence-electron chi connectivity index (χ2n) is 5.16. The highest BCUT2D eigenvalue weighted by Crippen LogP contribution is 2.32. The van der Waals surface area contributed by atoms with Crippen molar-refractivity contribution in [2.24, 2.45) is 11.3 Å². The maximum atomic E-state index is 3.90. The zero-order chi connectivity index (χ0) is 10.1. The Morgan fingerprint density at radius 1 is 1.62 bits per heavy atom. The summed E-state index contributed by atoms with van der Waals surface area (Å²) in [5, 5.41) is 0. The lowest BCUT2D eigenvalue weighted by Gasteiger charge is -2.41. The summed E-state index contributed by atoms with van der Waals surface area (Å²) in [5.41, 5.74) is 0.472. The van der Waals surface area contributed by atoms with Crippen molar-refractivity contribution in [2.75, 3.05) is 19.6 Å². The fourth-order valence-corrected chi connectivity index (χ4v) is 2.90. The van der Waals surface area contributed by atoms with E-state index in [2.05, 4.69) is 48.2 Å². The fraction of sp³-hybridized carbons (Fsp3) is 0.818. The van der Waals surface area contributed by atoms with Crippen LogP contribution >= 0.6 is 15.9 Å². The Morgan fingerprint density at radius 2 is 2.23 bits per heavy atom. The lowest BCUT2D eigenvalue weighted by Crippen LogP contribution is -2.44. The summed E-state index contributed by atoms with van der Waals surface area (Å²) in [6.07, 6.45) is 1.35. The molecule has 0 aromatic rings. The highest BCUT2D eigenvalue weighted by Gasteiger charge is 2.30. The smallest absolute Gasteiger partial charge is 0.0294 e. The average molecular weight is 246 g/mol. The zero-order valence-electron chi connectivity index (χ0n) is 8.94. The Morgan fingerprint density at radius 3 is 2.69 bits per heavy atom. The summed E-state index contributed by atoms with van der Waals surface area (Å²) >= 11 is 3.43. The summed E-state index contributed by atoms with van der Waals surface area (Å²) in [4.78, 5) is 2.49. The Kier molecular flexibility index (Phi) is 3.58. The molecular weight excluding hydrogens is 226 g/mol. The first-order chi connectivity index (χ1) is 5.89. The molecule has 1 heterocycles. The SMILES string of the molecule is C=C(Br)CN1CC(C)CC(C)(C)C1. The topological polar surface area (TPSA) is 3.24 Å². The van der Waals surface area contributed by atoms with Crippen LogP contribution < -0.4 is 0 Å². The van der Waals surface area contributed by atoms with Crippen LogP contribution in [-0.4, -0.2) is 24.5 Å². The maximum Gasteiger partial charge on any atom is 0.0294 e. The van der Waals surface area contributed by atoms with Gasteiger partial charge < -0.3 is 0 Å². The van der Waals surface area contributed by atoms with Gasteiger partial charge >= 0.3 is 0 Å². The predicted molar refractivity (Wildman–Crippen MR) is 62.1 cm³/mol. The number of hydrogen-bond acceptors (Lipinski definition) is 1. The monoisotopic (exact) mass is 245 g/mol. The zero-order valence-corrected chi connectivity index (χ0v) is 10.5. The van der Waals surface area contributed by atoms with Gasteiger partial charge in [-0.2, -0.15) is 0 Å². The van der Waals surface area contributed by atoms with Gasteiger partial charge in [-0.25, -0.2) is 0 Å². The minimum atomic E-state index is 0.472. The van der Waals surface area contributed by atoms with Crippen LogP contribution in [0, 0.1) is 11.3 Å². The second-order valence-corrected chi connectivity index (χ2v) is 6.28. The van der Waals surface area contributed by atoms with Crippen LogP contribution in [-0.2, 0) is 0 Å². The number of rotatable bonds is 2. The standard InChI is InChI=1S/C11H20BrN/c1-9-5-11(3,4)8-13(6-9)7-10(2)12/h9H,2,5-8H2,1,3-4H3. The lowest BCUT2D eigenvalue weighted by molar-refractivity contribution is 0.0891. The van der Waals surface area contributed by atoms with Crippen molar-refractivity contribution in [3.05, 3.63) is 11.1 Å². The average Bonchev–Trinajstić information content (AvgIpc) is 1.78. The molecule has 0 bridgehead atoms. The predicted octanol–water partition coefficient (Wildman–Crippen LogP) is 3.26. The van der Waals surface area contributed by atoms with Crippen LogP contribution in [0.4, 0.5) is 0 Å². The van der Waals surface area contributed by atoms with Gasteiger partial charge in [0.25, 0.3) is 0 Å². The molecule has 1 saturated heterocycles. The van der Waals surface area contributed by atoms with E-state index in [1.54, 1.807) is 0 Å². The van der Waals surface area contributed by atoms with Gasteiger partial charge in [0, 0.05) is 24.1 Å². The van der Waals surface area contributed by atoms with E-state index in [9.17, 15) is 0 Å². The molecule has 76 valence electrons. The van der Waals surface area contributed by atoms with Crippen molar-refractivity contribution >= 4 is 15.9 Å². The van der Waals surface area contributed by atoms with E-state index in [0.29, 0.717) is 5.41 Å². The third-order valence-corrected chi connectivity index (χ3v) is 2.77. The fourth-order valence-electron chi connectivity index (χ4n) is 2.55. The molecule has 0 spiro atoms.